The highest BCUT2D eigenvalue weighted by Gasteiger charge is 2.16. The highest BCUT2D eigenvalue weighted by Crippen LogP contribution is 2.25. The van der Waals surface area contributed by atoms with Crippen LogP contribution in [0.15, 0.2) is 0 Å². The van der Waals surface area contributed by atoms with Gasteiger partial charge in [-0.3, -0.25) is 0 Å². The van der Waals surface area contributed by atoms with Gasteiger partial charge in [0.25, 0.3) is 0 Å². The van der Waals surface area contributed by atoms with Gasteiger partial charge in [0.05, 0.1) is 5.69 Å². The van der Waals surface area contributed by atoms with Crippen molar-refractivity contribution in [2.45, 2.75) is 66.3 Å². The van der Waals surface area contributed by atoms with E-state index in [-0.39, 0.29) is 0 Å². The fourth-order valence-corrected chi connectivity index (χ4v) is 2.06. The molecule has 0 unspecified atom stereocenters. The predicted octanol–water partition coefficient (Wildman–Crippen LogP) is 3.54. The number of aryl methyl sites for hydroxylation is 1. The number of hydrogen-bond donors (Lipinski definition) is 1. The Kier molecular flexibility index (Phi) is 5.52. The van der Waals surface area contributed by atoms with Crippen LogP contribution in [-0.4, -0.2) is 14.9 Å². The molecule has 0 spiro atoms. The fourth-order valence-electron chi connectivity index (χ4n) is 2.06. The van der Waals surface area contributed by atoms with Gasteiger partial charge in [-0.2, -0.15) is 5.10 Å². The Morgan fingerprint density at radius 3 is 2.41 bits per heavy atom. The summed E-state index contributed by atoms with van der Waals surface area (Å²) in [5.41, 5.74) is 2.17. The average Bonchev–Trinajstić information content (AvgIpc) is 2.55. The van der Waals surface area contributed by atoms with Gasteiger partial charge in [-0.15, -0.1) is 0 Å². The summed E-state index contributed by atoms with van der Waals surface area (Å²) in [6.07, 6.45) is 5.30. The molecule has 0 amide bonds. The molecular formula is C14H26N2O. The highest BCUT2D eigenvalue weighted by atomic mass is 16.3. The molecular weight excluding hydrogens is 212 g/mol. The van der Waals surface area contributed by atoms with Crippen LogP contribution in [-0.2, 0) is 19.4 Å². The van der Waals surface area contributed by atoms with Gasteiger partial charge in [0.2, 0.25) is 5.88 Å². The van der Waals surface area contributed by atoms with Gasteiger partial charge in [-0.05, 0) is 25.2 Å². The summed E-state index contributed by atoms with van der Waals surface area (Å²) in [6, 6.07) is 0. The lowest BCUT2D eigenvalue weighted by Gasteiger charge is -2.06. The van der Waals surface area contributed by atoms with Crippen LogP contribution in [0, 0.1) is 5.92 Å². The number of hydrogen-bond acceptors (Lipinski definition) is 2. The number of aromatic nitrogens is 2. The van der Waals surface area contributed by atoms with Gasteiger partial charge in [0.15, 0.2) is 0 Å². The second kappa shape index (κ2) is 6.67. The monoisotopic (exact) mass is 238 g/mol. The van der Waals surface area contributed by atoms with Crippen LogP contribution < -0.4 is 0 Å². The Labute approximate surface area is 105 Å². The second-order valence-corrected chi connectivity index (χ2v) is 5.18. The normalized spacial score (nSPS) is 11.4. The zero-order chi connectivity index (χ0) is 12.8. The molecule has 17 heavy (non-hydrogen) atoms. The first-order valence-corrected chi connectivity index (χ1v) is 6.87. The van der Waals surface area contributed by atoms with E-state index in [9.17, 15) is 5.11 Å². The molecule has 0 radical (unpaired) electrons. The van der Waals surface area contributed by atoms with Gasteiger partial charge in [-0.1, -0.05) is 40.5 Å². The summed E-state index contributed by atoms with van der Waals surface area (Å²) >= 11 is 0. The lowest BCUT2D eigenvalue weighted by Crippen LogP contribution is -2.06. The molecule has 0 saturated carbocycles. The third kappa shape index (κ3) is 3.76. The minimum Gasteiger partial charge on any atom is -0.493 e. The summed E-state index contributed by atoms with van der Waals surface area (Å²) in [6.45, 7) is 9.42. The maximum atomic E-state index is 10.2. The molecule has 1 N–H and O–H groups in total. The van der Waals surface area contributed by atoms with Crippen molar-refractivity contribution in [1.82, 2.24) is 9.78 Å². The van der Waals surface area contributed by atoms with Crippen LogP contribution in [0.4, 0.5) is 0 Å². The standard InChI is InChI=1S/C14H26N2O/c1-5-7-9-13-12(8-6-2)14(17)16(15-13)10-11(3)4/h11,17H,5-10H2,1-4H3. The van der Waals surface area contributed by atoms with Crippen molar-refractivity contribution in [2.24, 2.45) is 5.92 Å². The molecule has 98 valence electrons. The van der Waals surface area contributed by atoms with Gasteiger partial charge >= 0.3 is 0 Å². The molecule has 3 nitrogen and oxygen atoms in total. The first-order valence-electron chi connectivity index (χ1n) is 6.87. The first-order chi connectivity index (χ1) is 8.10. The summed E-state index contributed by atoms with van der Waals surface area (Å²) in [5.74, 6) is 0.904. The van der Waals surface area contributed by atoms with Crippen molar-refractivity contribution in [3.63, 3.8) is 0 Å². The SMILES string of the molecule is CCCCc1nn(CC(C)C)c(O)c1CCC. The van der Waals surface area contributed by atoms with E-state index < -0.39 is 0 Å². The minimum atomic E-state index is 0.395. The predicted molar refractivity (Wildman–Crippen MR) is 71.3 cm³/mol. The lowest BCUT2D eigenvalue weighted by molar-refractivity contribution is 0.368. The van der Waals surface area contributed by atoms with Gasteiger partial charge < -0.3 is 5.11 Å². The summed E-state index contributed by atoms with van der Waals surface area (Å²) in [4.78, 5) is 0. The molecule has 0 aliphatic carbocycles. The molecule has 0 aliphatic heterocycles. The van der Waals surface area contributed by atoms with Crippen LogP contribution >= 0.6 is 0 Å². The number of rotatable bonds is 7. The minimum absolute atomic E-state index is 0.395. The van der Waals surface area contributed by atoms with E-state index in [1.807, 2.05) is 0 Å². The zero-order valence-corrected chi connectivity index (χ0v) is 11.7. The van der Waals surface area contributed by atoms with Crippen molar-refractivity contribution >= 4 is 0 Å². The van der Waals surface area contributed by atoms with E-state index in [1.165, 1.54) is 6.42 Å². The Morgan fingerprint density at radius 2 is 1.88 bits per heavy atom. The molecule has 3 heteroatoms. The summed E-state index contributed by atoms with van der Waals surface area (Å²) in [5, 5.41) is 14.8. The van der Waals surface area contributed by atoms with E-state index in [0.717, 1.165) is 43.5 Å². The maximum absolute atomic E-state index is 10.2. The van der Waals surface area contributed by atoms with Crippen LogP contribution in [0.5, 0.6) is 5.88 Å². The van der Waals surface area contributed by atoms with Gasteiger partial charge in [-0.25, -0.2) is 4.68 Å². The van der Waals surface area contributed by atoms with Crippen LogP contribution in [0.3, 0.4) is 0 Å². The smallest absolute Gasteiger partial charge is 0.212 e. The third-order valence-corrected chi connectivity index (χ3v) is 2.91. The Hall–Kier alpha value is -0.990. The molecule has 1 rings (SSSR count). The van der Waals surface area contributed by atoms with E-state index in [0.29, 0.717) is 11.8 Å². The van der Waals surface area contributed by atoms with Crippen molar-refractivity contribution in [2.75, 3.05) is 0 Å². The Morgan fingerprint density at radius 1 is 1.18 bits per heavy atom. The van der Waals surface area contributed by atoms with Crippen molar-refractivity contribution < 1.29 is 5.11 Å². The number of nitrogens with zero attached hydrogens (tertiary/aromatic N) is 2. The molecule has 0 saturated heterocycles. The maximum Gasteiger partial charge on any atom is 0.212 e. The summed E-state index contributed by atoms with van der Waals surface area (Å²) < 4.78 is 1.78. The van der Waals surface area contributed by atoms with Crippen molar-refractivity contribution in [1.29, 1.82) is 0 Å². The molecule has 0 bridgehead atoms. The first kappa shape index (κ1) is 14.1. The van der Waals surface area contributed by atoms with Crippen molar-refractivity contribution in [3.8, 4) is 5.88 Å². The average molecular weight is 238 g/mol. The lowest BCUT2D eigenvalue weighted by atomic mass is 10.1. The largest absolute Gasteiger partial charge is 0.493 e. The Bertz CT molecular complexity index is 342. The quantitative estimate of drug-likeness (QED) is 0.789. The van der Waals surface area contributed by atoms with E-state index in [1.54, 1.807) is 4.68 Å². The van der Waals surface area contributed by atoms with E-state index in [4.69, 9.17) is 0 Å². The molecule has 1 aromatic heterocycles. The van der Waals surface area contributed by atoms with Crippen LogP contribution in [0.25, 0.3) is 0 Å². The number of unbranched alkanes of at least 4 members (excludes halogenated alkanes) is 1. The van der Waals surface area contributed by atoms with E-state index >= 15 is 0 Å². The van der Waals surface area contributed by atoms with E-state index in [2.05, 4.69) is 32.8 Å². The zero-order valence-electron chi connectivity index (χ0n) is 11.7. The second-order valence-electron chi connectivity index (χ2n) is 5.18. The molecule has 1 heterocycles. The van der Waals surface area contributed by atoms with Gasteiger partial charge in [0, 0.05) is 12.1 Å². The highest BCUT2D eigenvalue weighted by molar-refractivity contribution is 5.31. The van der Waals surface area contributed by atoms with Crippen LogP contribution in [0.1, 0.15) is 58.2 Å². The topological polar surface area (TPSA) is 38.0 Å². The molecule has 1 aromatic rings. The van der Waals surface area contributed by atoms with Gasteiger partial charge in [0.1, 0.15) is 0 Å². The van der Waals surface area contributed by atoms with Crippen LogP contribution in [0.2, 0.25) is 0 Å². The summed E-state index contributed by atoms with van der Waals surface area (Å²) in [7, 11) is 0. The molecule has 0 fully saturated rings. The van der Waals surface area contributed by atoms with Crippen molar-refractivity contribution in [3.05, 3.63) is 11.3 Å². The Balaban J connectivity index is 2.92. The molecule has 0 aliphatic rings. The fraction of sp³-hybridized carbons (Fsp3) is 0.786. The molecule has 0 atom stereocenters. The number of aromatic hydroxyl groups is 1. The third-order valence-electron chi connectivity index (χ3n) is 2.91. The molecule has 0 aromatic carbocycles.